The molecule has 1 aliphatic rings. The highest BCUT2D eigenvalue weighted by atomic mass is 16.5. The van der Waals surface area contributed by atoms with Crippen molar-refractivity contribution in [2.45, 2.75) is 31.8 Å². The van der Waals surface area contributed by atoms with E-state index in [4.69, 9.17) is 10.5 Å². The molecular formula is C9H13N3O. The third-order valence-electron chi connectivity index (χ3n) is 2.22. The standard InChI is InChI=1S/C9H13N3O/c10-7-5-11-9(12-6-7)13-8-3-1-2-4-8/h5-6,8H,1-4,10H2. The largest absolute Gasteiger partial charge is 0.460 e. The fourth-order valence-corrected chi connectivity index (χ4v) is 1.54. The van der Waals surface area contributed by atoms with Crippen LogP contribution >= 0.6 is 0 Å². The zero-order valence-electron chi connectivity index (χ0n) is 7.44. The first-order valence-corrected chi connectivity index (χ1v) is 4.59. The Morgan fingerprint density at radius 2 is 1.85 bits per heavy atom. The minimum atomic E-state index is 0.309. The lowest BCUT2D eigenvalue weighted by Crippen LogP contribution is -2.12. The highest BCUT2D eigenvalue weighted by molar-refractivity contribution is 5.30. The van der Waals surface area contributed by atoms with Crippen molar-refractivity contribution >= 4 is 5.69 Å². The predicted molar refractivity (Wildman–Crippen MR) is 49.3 cm³/mol. The zero-order valence-corrected chi connectivity index (χ0v) is 7.44. The van der Waals surface area contributed by atoms with Gasteiger partial charge in [-0.2, -0.15) is 0 Å². The van der Waals surface area contributed by atoms with Gasteiger partial charge in [0.15, 0.2) is 0 Å². The maximum absolute atomic E-state index is 5.55. The number of nitrogens with two attached hydrogens (primary N) is 1. The smallest absolute Gasteiger partial charge is 0.316 e. The Balaban J connectivity index is 1.97. The van der Waals surface area contributed by atoms with Crippen molar-refractivity contribution < 1.29 is 4.74 Å². The third-order valence-corrected chi connectivity index (χ3v) is 2.22. The normalized spacial score (nSPS) is 17.5. The molecule has 1 fully saturated rings. The monoisotopic (exact) mass is 179 g/mol. The maximum Gasteiger partial charge on any atom is 0.316 e. The Labute approximate surface area is 77.1 Å². The van der Waals surface area contributed by atoms with E-state index in [2.05, 4.69) is 9.97 Å². The molecule has 2 rings (SSSR count). The van der Waals surface area contributed by atoms with E-state index in [9.17, 15) is 0 Å². The van der Waals surface area contributed by atoms with Crippen molar-refractivity contribution in [1.82, 2.24) is 9.97 Å². The van der Waals surface area contributed by atoms with Crippen LogP contribution < -0.4 is 10.5 Å². The minimum absolute atomic E-state index is 0.309. The lowest BCUT2D eigenvalue weighted by Gasteiger charge is -2.10. The molecule has 2 N–H and O–H groups in total. The van der Waals surface area contributed by atoms with Gasteiger partial charge in [-0.25, -0.2) is 9.97 Å². The molecule has 1 aliphatic carbocycles. The van der Waals surface area contributed by atoms with Gasteiger partial charge in [-0.3, -0.25) is 0 Å². The van der Waals surface area contributed by atoms with E-state index < -0.39 is 0 Å². The third kappa shape index (κ3) is 2.08. The molecule has 1 heterocycles. The van der Waals surface area contributed by atoms with E-state index in [1.54, 1.807) is 12.4 Å². The molecule has 1 aromatic heterocycles. The second-order valence-electron chi connectivity index (χ2n) is 3.32. The van der Waals surface area contributed by atoms with Crippen molar-refractivity contribution in [2.24, 2.45) is 0 Å². The van der Waals surface area contributed by atoms with Crippen LogP contribution in [0.5, 0.6) is 6.01 Å². The summed E-state index contributed by atoms with van der Waals surface area (Å²) in [6.07, 6.45) is 8.18. The topological polar surface area (TPSA) is 61.0 Å². The molecule has 0 spiro atoms. The summed E-state index contributed by atoms with van der Waals surface area (Å²) in [5.41, 5.74) is 6.02. The number of aromatic nitrogens is 2. The van der Waals surface area contributed by atoms with Crippen LogP contribution in [0, 0.1) is 0 Å². The molecule has 0 bridgehead atoms. The lowest BCUT2D eigenvalue weighted by molar-refractivity contribution is 0.192. The van der Waals surface area contributed by atoms with Crippen LogP contribution in [0.2, 0.25) is 0 Å². The van der Waals surface area contributed by atoms with Gasteiger partial charge >= 0.3 is 6.01 Å². The average Bonchev–Trinajstić information content (AvgIpc) is 2.62. The van der Waals surface area contributed by atoms with E-state index in [-0.39, 0.29) is 0 Å². The summed E-state index contributed by atoms with van der Waals surface area (Å²) in [5, 5.41) is 0. The van der Waals surface area contributed by atoms with E-state index in [0.29, 0.717) is 17.8 Å². The molecule has 1 aromatic rings. The number of nitrogens with zero attached hydrogens (tertiary/aromatic N) is 2. The van der Waals surface area contributed by atoms with Gasteiger partial charge in [-0.15, -0.1) is 0 Å². The highest BCUT2D eigenvalue weighted by Crippen LogP contribution is 2.21. The van der Waals surface area contributed by atoms with E-state index in [0.717, 1.165) is 12.8 Å². The highest BCUT2D eigenvalue weighted by Gasteiger charge is 2.17. The van der Waals surface area contributed by atoms with E-state index in [1.165, 1.54) is 12.8 Å². The summed E-state index contributed by atoms with van der Waals surface area (Å²) in [7, 11) is 0. The molecule has 0 atom stereocenters. The minimum Gasteiger partial charge on any atom is -0.460 e. The zero-order chi connectivity index (χ0) is 9.10. The summed E-state index contributed by atoms with van der Waals surface area (Å²) < 4.78 is 5.55. The van der Waals surface area contributed by atoms with Crippen LogP contribution in [0.4, 0.5) is 5.69 Å². The molecule has 0 aliphatic heterocycles. The maximum atomic E-state index is 5.55. The van der Waals surface area contributed by atoms with Crippen LogP contribution in [-0.2, 0) is 0 Å². The second-order valence-corrected chi connectivity index (χ2v) is 3.32. The quantitative estimate of drug-likeness (QED) is 0.745. The van der Waals surface area contributed by atoms with Crippen molar-refractivity contribution in [3.63, 3.8) is 0 Å². The van der Waals surface area contributed by atoms with Gasteiger partial charge in [0.25, 0.3) is 0 Å². The van der Waals surface area contributed by atoms with Crippen LogP contribution in [0.3, 0.4) is 0 Å². The molecule has 0 saturated heterocycles. The Morgan fingerprint density at radius 3 is 2.46 bits per heavy atom. The number of rotatable bonds is 2. The van der Waals surface area contributed by atoms with Crippen LogP contribution in [0.15, 0.2) is 12.4 Å². The van der Waals surface area contributed by atoms with Crippen LogP contribution in [0.1, 0.15) is 25.7 Å². The molecule has 70 valence electrons. The number of nitrogen functional groups attached to an aromatic ring is 1. The van der Waals surface area contributed by atoms with Gasteiger partial charge in [-0.1, -0.05) is 0 Å². The Morgan fingerprint density at radius 1 is 1.23 bits per heavy atom. The van der Waals surface area contributed by atoms with Gasteiger partial charge in [0.2, 0.25) is 0 Å². The summed E-state index contributed by atoms with van der Waals surface area (Å²) in [6.45, 7) is 0. The van der Waals surface area contributed by atoms with Gasteiger partial charge < -0.3 is 10.5 Å². The molecular weight excluding hydrogens is 166 g/mol. The van der Waals surface area contributed by atoms with Crippen molar-refractivity contribution in [1.29, 1.82) is 0 Å². The molecule has 0 amide bonds. The Hall–Kier alpha value is -1.32. The number of anilines is 1. The Kier molecular flexibility index (Phi) is 2.29. The fraction of sp³-hybridized carbons (Fsp3) is 0.556. The van der Waals surface area contributed by atoms with Crippen molar-refractivity contribution in [3.05, 3.63) is 12.4 Å². The molecule has 0 unspecified atom stereocenters. The molecule has 4 heteroatoms. The molecule has 0 radical (unpaired) electrons. The summed E-state index contributed by atoms with van der Waals surface area (Å²) in [4.78, 5) is 7.97. The molecule has 4 nitrogen and oxygen atoms in total. The summed E-state index contributed by atoms with van der Waals surface area (Å²) in [6, 6.07) is 0.445. The molecule has 0 aromatic carbocycles. The average molecular weight is 179 g/mol. The number of ether oxygens (including phenoxy) is 1. The fourth-order valence-electron chi connectivity index (χ4n) is 1.54. The number of hydrogen-bond acceptors (Lipinski definition) is 4. The van der Waals surface area contributed by atoms with E-state index in [1.807, 2.05) is 0 Å². The second kappa shape index (κ2) is 3.60. The van der Waals surface area contributed by atoms with Gasteiger partial charge in [0.05, 0.1) is 18.1 Å². The Bertz CT molecular complexity index is 267. The number of hydrogen-bond donors (Lipinski definition) is 1. The van der Waals surface area contributed by atoms with Gasteiger partial charge in [-0.05, 0) is 25.7 Å². The van der Waals surface area contributed by atoms with E-state index >= 15 is 0 Å². The van der Waals surface area contributed by atoms with Crippen LogP contribution in [-0.4, -0.2) is 16.1 Å². The summed E-state index contributed by atoms with van der Waals surface area (Å²) in [5.74, 6) is 0. The first-order valence-electron chi connectivity index (χ1n) is 4.59. The SMILES string of the molecule is Nc1cnc(OC2CCCC2)nc1. The molecule has 1 saturated carbocycles. The van der Waals surface area contributed by atoms with Gasteiger partial charge in [0.1, 0.15) is 6.10 Å². The van der Waals surface area contributed by atoms with Gasteiger partial charge in [0, 0.05) is 0 Å². The van der Waals surface area contributed by atoms with Crippen molar-refractivity contribution in [2.75, 3.05) is 5.73 Å². The van der Waals surface area contributed by atoms with Crippen LogP contribution in [0.25, 0.3) is 0 Å². The lowest BCUT2D eigenvalue weighted by atomic mass is 10.3. The predicted octanol–water partition coefficient (Wildman–Crippen LogP) is 1.38. The first kappa shape index (κ1) is 8.29. The summed E-state index contributed by atoms with van der Waals surface area (Å²) >= 11 is 0. The van der Waals surface area contributed by atoms with Crippen molar-refractivity contribution in [3.8, 4) is 6.01 Å². The first-order chi connectivity index (χ1) is 6.34. The molecule has 13 heavy (non-hydrogen) atoms.